The molecular weight excluding hydrogens is 573 g/mol. The fourth-order valence-corrected chi connectivity index (χ4v) is 4.78. The van der Waals surface area contributed by atoms with E-state index in [1.807, 2.05) is 0 Å². The second-order valence-electron chi connectivity index (χ2n) is 9.24. The molecular formula is C26H24F5N5O4S. The Kier molecular flexibility index (Phi) is 7.94. The largest absolute Gasteiger partial charge is 0.505 e. The van der Waals surface area contributed by atoms with Gasteiger partial charge in [0.05, 0.1) is 35.0 Å². The molecule has 0 saturated heterocycles. The number of benzene rings is 2. The lowest BCUT2D eigenvalue weighted by Gasteiger charge is -2.21. The minimum absolute atomic E-state index is 0.0239. The van der Waals surface area contributed by atoms with Gasteiger partial charge in [-0.2, -0.15) is 18.3 Å². The summed E-state index contributed by atoms with van der Waals surface area (Å²) < 4.78 is 93.7. The Hall–Kier alpha value is -4.27. The van der Waals surface area contributed by atoms with Crippen LogP contribution in [-0.2, 0) is 23.0 Å². The van der Waals surface area contributed by atoms with Crippen LogP contribution in [0.1, 0.15) is 35.0 Å². The third-order valence-electron chi connectivity index (χ3n) is 6.29. The second-order valence-corrected chi connectivity index (χ2v) is 11.3. The lowest BCUT2D eigenvalue weighted by atomic mass is 9.99. The third kappa shape index (κ3) is 6.39. The number of pyridine rings is 1. The molecule has 15 heteroatoms. The highest BCUT2D eigenvalue weighted by Crippen LogP contribution is 2.36. The molecule has 2 aromatic carbocycles. The number of hydrogen-bond acceptors (Lipinski definition) is 7. The van der Waals surface area contributed by atoms with Crippen LogP contribution < -0.4 is 9.62 Å². The summed E-state index contributed by atoms with van der Waals surface area (Å²) in [6.45, 7) is 1.36. The number of carbonyl (C=O) groups is 1. The number of phenolic OH excluding ortho intramolecular Hbond substituents is 1. The molecule has 0 unspecified atom stereocenters. The first-order valence-electron chi connectivity index (χ1n) is 12.1. The molecule has 0 bridgehead atoms. The maximum absolute atomic E-state index is 14.3. The molecule has 2 heterocycles. The quantitative estimate of drug-likeness (QED) is 0.176. The number of ketones is 1. The molecule has 0 amide bonds. The zero-order valence-corrected chi connectivity index (χ0v) is 22.7. The number of nitrogens with one attached hydrogen (secondary N) is 2. The topological polar surface area (TPSA) is 128 Å². The van der Waals surface area contributed by atoms with E-state index in [0.29, 0.717) is 12.1 Å². The maximum Gasteiger partial charge on any atom is 0.393 e. The lowest BCUT2D eigenvalue weighted by Crippen LogP contribution is -2.26. The molecule has 0 aliphatic carbocycles. The van der Waals surface area contributed by atoms with Crippen LogP contribution in [0.2, 0.25) is 0 Å². The van der Waals surface area contributed by atoms with Crippen molar-refractivity contribution < 1.29 is 40.3 Å². The number of hydrogen-bond donors (Lipinski definition) is 3. The van der Waals surface area contributed by atoms with Crippen LogP contribution in [0.25, 0.3) is 22.2 Å². The van der Waals surface area contributed by atoms with Crippen molar-refractivity contribution in [2.75, 3.05) is 22.9 Å². The summed E-state index contributed by atoms with van der Waals surface area (Å²) in [6, 6.07) is 6.10. The Morgan fingerprint density at radius 3 is 2.46 bits per heavy atom. The van der Waals surface area contributed by atoms with Crippen LogP contribution in [0.4, 0.5) is 33.5 Å². The SMILES string of the molecule is CCC(=O)c1n[nH]c2cc(-c3cc(F)c(O)cc3CC(F)(F)F)nc(NCc3cc(F)ccc3N(C)S(C)(=O)=O)c12. The Labute approximate surface area is 231 Å². The van der Waals surface area contributed by atoms with Crippen molar-refractivity contribution in [2.45, 2.75) is 32.5 Å². The first kappa shape index (κ1) is 29.7. The number of Topliss-reactive ketones (excluding diaryl/α,β-unsaturated/α-hetero) is 1. The molecule has 9 nitrogen and oxygen atoms in total. The molecule has 218 valence electrons. The minimum atomic E-state index is -4.70. The number of sulfonamides is 1. The number of alkyl halides is 3. The van der Waals surface area contributed by atoms with Crippen LogP contribution in [0, 0.1) is 11.6 Å². The van der Waals surface area contributed by atoms with E-state index < -0.39 is 45.6 Å². The van der Waals surface area contributed by atoms with Gasteiger partial charge in [-0.15, -0.1) is 0 Å². The van der Waals surface area contributed by atoms with Crippen molar-refractivity contribution >= 4 is 38.2 Å². The molecule has 4 aromatic rings. The van der Waals surface area contributed by atoms with Crippen molar-refractivity contribution in [1.82, 2.24) is 15.2 Å². The third-order valence-corrected chi connectivity index (χ3v) is 7.49. The van der Waals surface area contributed by atoms with Crippen LogP contribution >= 0.6 is 0 Å². The number of phenols is 1. The van der Waals surface area contributed by atoms with Crippen molar-refractivity contribution in [2.24, 2.45) is 0 Å². The fraction of sp³-hybridized carbons (Fsp3) is 0.269. The van der Waals surface area contributed by atoms with Crippen LogP contribution in [0.15, 0.2) is 36.4 Å². The van der Waals surface area contributed by atoms with Gasteiger partial charge in [-0.3, -0.25) is 14.2 Å². The average molecular weight is 598 g/mol. The number of anilines is 2. The summed E-state index contributed by atoms with van der Waals surface area (Å²) >= 11 is 0. The molecule has 0 aliphatic rings. The van der Waals surface area contributed by atoms with E-state index in [1.165, 1.54) is 19.2 Å². The Morgan fingerprint density at radius 1 is 1.12 bits per heavy atom. The Morgan fingerprint density at radius 2 is 1.83 bits per heavy atom. The lowest BCUT2D eigenvalue weighted by molar-refractivity contribution is -0.127. The summed E-state index contributed by atoms with van der Waals surface area (Å²) in [5, 5.41) is 19.5. The van der Waals surface area contributed by atoms with E-state index in [1.54, 1.807) is 6.92 Å². The van der Waals surface area contributed by atoms with Gasteiger partial charge in [0.1, 0.15) is 17.3 Å². The summed E-state index contributed by atoms with van der Waals surface area (Å²) in [7, 11) is -2.45. The van der Waals surface area contributed by atoms with Gasteiger partial charge in [-0.05, 0) is 47.5 Å². The van der Waals surface area contributed by atoms with Gasteiger partial charge in [-0.25, -0.2) is 22.2 Å². The maximum atomic E-state index is 14.3. The first-order valence-corrected chi connectivity index (χ1v) is 13.9. The smallest absolute Gasteiger partial charge is 0.393 e. The van der Waals surface area contributed by atoms with Crippen molar-refractivity contribution in [3.8, 4) is 17.0 Å². The van der Waals surface area contributed by atoms with E-state index in [-0.39, 0.29) is 63.7 Å². The minimum Gasteiger partial charge on any atom is -0.505 e. The summed E-state index contributed by atoms with van der Waals surface area (Å²) in [5.74, 6) is -3.27. The van der Waals surface area contributed by atoms with Crippen LogP contribution in [-0.4, -0.2) is 54.0 Å². The standard InChI is InChI=1S/C26H24F5N5O4S/c1-4-21(37)24-23-19(34-35-24)10-18(16-9-17(28)22(38)8-13(16)11-26(29,30)31)33-25(23)32-12-14-7-15(27)5-6-20(14)36(2)41(3,39)40/h5-10,38H,4,11-12H2,1-3H3,(H,32,33)(H,34,35). The van der Waals surface area contributed by atoms with E-state index in [4.69, 9.17) is 0 Å². The van der Waals surface area contributed by atoms with Gasteiger partial charge in [0.2, 0.25) is 10.0 Å². The van der Waals surface area contributed by atoms with Gasteiger partial charge in [0.25, 0.3) is 0 Å². The van der Waals surface area contributed by atoms with E-state index >= 15 is 0 Å². The highest BCUT2D eigenvalue weighted by atomic mass is 32.2. The fourth-order valence-electron chi connectivity index (χ4n) is 4.25. The molecule has 0 fully saturated rings. The van der Waals surface area contributed by atoms with Gasteiger partial charge in [-0.1, -0.05) is 6.92 Å². The Balaban J connectivity index is 1.89. The molecule has 41 heavy (non-hydrogen) atoms. The molecule has 4 rings (SSSR count). The molecule has 3 N–H and O–H groups in total. The number of halogens is 5. The highest BCUT2D eigenvalue weighted by Gasteiger charge is 2.31. The summed E-state index contributed by atoms with van der Waals surface area (Å²) in [4.78, 5) is 17.0. The van der Waals surface area contributed by atoms with Gasteiger partial charge < -0.3 is 10.4 Å². The number of fused-ring (bicyclic) bond motifs is 1. The molecule has 2 aromatic heterocycles. The molecule has 0 radical (unpaired) electrons. The zero-order valence-electron chi connectivity index (χ0n) is 21.9. The monoisotopic (exact) mass is 597 g/mol. The van der Waals surface area contributed by atoms with E-state index in [0.717, 1.165) is 22.7 Å². The van der Waals surface area contributed by atoms with Gasteiger partial charge >= 0.3 is 6.18 Å². The number of rotatable bonds is 9. The number of aromatic nitrogens is 3. The number of aromatic amines is 1. The Bertz CT molecular complexity index is 1760. The van der Waals surface area contributed by atoms with E-state index in [9.17, 15) is 40.3 Å². The number of aromatic hydroxyl groups is 1. The van der Waals surface area contributed by atoms with Crippen LogP contribution in [0.3, 0.4) is 0 Å². The second kappa shape index (κ2) is 11.0. The number of nitrogens with zero attached hydrogens (tertiary/aromatic N) is 3. The number of H-pyrrole nitrogens is 1. The first-order chi connectivity index (χ1) is 19.1. The molecule has 0 aliphatic heterocycles. The van der Waals surface area contributed by atoms with Crippen molar-refractivity contribution in [3.05, 3.63) is 64.9 Å². The molecule has 0 spiro atoms. The predicted molar refractivity (Wildman–Crippen MR) is 142 cm³/mol. The van der Waals surface area contributed by atoms with Gasteiger partial charge in [0.15, 0.2) is 17.3 Å². The van der Waals surface area contributed by atoms with Crippen molar-refractivity contribution in [3.63, 3.8) is 0 Å². The molecule has 0 saturated carbocycles. The highest BCUT2D eigenvalue weighted by molar-refractivity contribution is 7.92. The summed E-state index contributed by atoms with van der Waals surface area (Å²) in [5.41, 5.74) is -0.412. The number of carbonyl (C=O) groups excluding carboxylic acids is 1. The summed E-state index contributed by atoms with van der Waals surface area (Å²) in [6.07, 6.45) is -5.16. The zero-order chi connectivity index (χ0) is 30.3. The average Bonchev–Trinajstić information content (AvgIpc) is 3.31. The molecule has 0 atom stereocenters. The van der Waals surface area contributed by atoms with Crippen molar-refractivity contribution in [1.29, 1.82) is 0 Å². The van der Waals surface area contributed by atoms with E-state index in [2.05, 4.69) is 20.5 Å². The predicted octanol–water partition coefficient (Wildman–Crippen LogP) is 5.31. The van der Waals surface area contributed by atoms with Gasteiger partial charge in [0, 0.05) is 25.6 Å². The van der Waals surface area contributed by atoms with Crippen LogP contribution in [0.5, 0.6) is 5.75 Å². The normalized spacial score (nSPS) is 12.1.